The standard InChI is InChI=1S/C16H16N2O2/c1-20-16(19)11-4-5-13-14(8-11)18-15(17-13)12-7-9-2-3-10(12)6-9/h2-5,8-10,12H,6-7H2,1H3,(H,17,18). The van der Waals surface area contributed by atoms with Crippen LogP contribution >= 0.6 is 0 Å². The number of rotatable bonds is 2. The highest BCUT2D eigenvalue weighted by atomic mass is 16.5. The zero-order valence-corrected chi connectivity index (χ0v) is 11.3. The number of esters is 1. The number of benzene rings is 1. The van der Waals surface area contributed by atoms with Gasteiger partial charge in [-0.05, 0) is 42.9 Å². The van der Waals surface area contributed by atoms with E-state index in [4.69, 9.17) is 9.72 Å². The van der Waals surface area contributed by atoms with Crippen LogP contribution in [-0.2, 0) is 4.74 Å². The Bertz CT molecular complexity index is 716. The number of hydrogen-bond acceptors (Lipinski definition) is 3. The summed E-state index contributed by atoms with van der Waals surface area (Å²) in [7, 11) is 1.40. The van der Waals surface area contributed by atoms with E-state index in [2.05, 4.69) is 17.1 Å². The molecule has 1 heterocycles. The summed E-state index contributed by atoms with van der Waals surface area (Å²) < 4.78 is 4.75. The van der Waals surface area contributed by atoms with Crippen molar-refractivity contribution in [2.45, 2.75) is 18.8 Å². The van der Waals surface area contributed by atoms with Gasteiger partial charge in [0.25, 0.3) is 0 Å². The van der Waals surface area contributed by atoms with Gasteiger partial charge in [0.2, 0.25) is 0 Å². The van der Waals surface area contributed by atoms with Gasteiger partial charge in [-0.1, -0.05) is 12.2 Å². The van der Waals surface area contributed by atoms with Crippen molar-refractivity contribution in [3.05, 3.63) is 41.7 Å². The third-order valence-electron chi connectivity index (χ3n) is 4.55. The maximum Gasteiger partial charge on any atom is 0.337 e. The first kappa shape index (κ1) is 11.7. The number of nitrogens with zero attached hydrogens (tertiary/aromatic N) is 1. The Hall–Kier alpha value is -2.10. The zero-order chi connectivity index (χ0) is 13.7. The second-order valence-corrected chi connectivity index (χ2v) is 5.73. The minimum absolute atomic E-state index is 0.314. The molecule has 20 heavy (non-hydrogen) atoms. The van der Waals surface area contributed by atoms with Gasteiger partial charge in [0, 0.05) is 5.92 Å². The Kier molecular flexibility index (Phi) is 2.46. The molecule has 1 aromatic carbocycles. The normalized spacial score (nSPS) is 27.4. The lowest BCUT2D eigenvalue weighted by molar-refractivity contribution is 0.0601. The number of methoxy groups -OCH3 is 1. The van der Waals surface area contributed by atoms with Gasteiger partial charge in [-0.15, -0.1) is 0 Å². The van der Waals surface area contributed by atoms with Crippen molar-refractivity contribution in [1.82, 2.24) is 9.97 Å². The van der Waals surface area contributed by atoms with Gasteiger partial charge in [-0.25, -0.2) is 9.78 Å². The number of H-pyrrole nitrogens is 1. The molecule has 4 rings (SSSR count). The van der Waals surface area contributed by atoms with Gasteiger partial charge in [-0.2, -0.15) is 0 Å². The highest BCUT2D eigenvalue weighted by Crippen LogP contribution is 2.48. The van der Waals surface area contributed by atoms with Crippen LogP contribution in [0, 0.1) is 11.8 Å². The first-order valence-corrected chi connectivity index (χ1v) is 7.01. The van der Waals surface area contributed by atoms with E-state index < -0.39 is 0 Å². The molecule has 3 atom stereocenters. The monoisotopic (exact) mass is 268 g/mol. The first-order chi connectivity index (χ1) is 9.74. The van der Waals surface area contributed by atoms with Crippen LogP contribution in [0.5, 0.6) is 0 Å². The summed E-state index contributed by atoms with van der Waals surface area (Å²) >= 11 is 0. The molecule has 0 radical (unpaired) electrons. The van der Waals surface area contributed by atoms with Gasteiger partial charge in [0.1, 0.15) is 5.82 Å². The average Bonchev–Trinajstić information content (AvgIpc) is 3.18. The number of hydrogen-bond donors (Lipinski definition) is 1. The molecule has 2 aliphatic carbocycles. The molecule has 102 valence electrons. The number of carbonyl (C=O) groups excluding carboxylic acids is 1. The van der Waals surface area contributed by atoms with Gasteiger partial charge < -0.3 is 9.72 Å². The fourth-order valence-electron chi connectivity index (χ4n) is 3.54. The van der Waals surface area contributed by atoms with Crippen LogP contribution in [0.4, 0.5) is 0 Å². The zero-order valence-electron chi connectivity index (χ0n) is 11.3. The van der Waals surface area contributed by atoms with Crippen molar-refractivity contribution in [1.29, 1.82) is 0 Å². The van der Waals surface area contributed by atoms with E-state index in [9.17, 15) is 4.79 Å². The summed E-state index contributed by atoms with van der Waals surface area (Å²) in [5, 5.41) is 0. The van der Waals surface area contributed by atoms with Crippen molar-refractivity contribution >= 4 is 17.0 Å². The SMILES string of the molecule is COC(=O)c1ccc2nc(C3CC4C=CC3C4)[nH]c2c1. The number of allylic oxidation sites excluding steroid dienone is 2. The molecule has 2 aliphatic rings. The van der Waals surface area contributed by atoms with Crippen LogP contribution in [0.3, 0.4) is 0 Å². The summed E-state index contributed by atoms with van der Waals surface area (Å²) in [6.45, 7) is 0. The quantitative estimate of drug-likeness (QED) is 0.673. The molecule has 1 N–H and O–H groups in total. The van der Waals surface area contributed by atoms with Crippen LogP contribution in [0.2, 0.25) is 0 Å². The van der Waals surface area contributed by atoms with Crippen LogP contribution in [0.15, 0.2) is 30.4 Å². The highest BCUT2D eigenvalue weighted by molar-refractivity contribution is 5.93. The molecule has 2 bridgehead atoms. The van der Waals surface area contributed by atoms with Gasteiger partial charge in [-0.3, -0.25) is 0 Å². The summed E-state index contributed by atoms with van der Waals surface area (Å²) in [4.78, 5) is 19.6. The summed E-state index contributed by atoms with van der Waals surface area (Å²) in [6.07, 6.45) is 7.10. The number of aromatic nitrogens is 2. The Balaban J connectivity index is 1.72. The molecule has 0 saturated heterocycles. The van der Waals surface area contributed by atoms with E-state index in [-0.39, 0.29) is 5.97 Å². The number of fused-ring (bicyclic) bond motifs is 3. The highest BCUT2D eigenvalue weighted by Gasteiger charge is 2.38. The third-order valence-corrected chi connectivity index (χ3v) is 4.55. The van der Waals surface area contributed by atoms with Crippen molar-refractivity contribution in [3.8, 4) is 0 Å². The van der Waals surface area contributed by atoms with Crippen molar-refractivity contribution in [3.63, 3.8) is 0 Å². The number of imidazole rings is 1. The lowest BCUT2D eigenvalue weighted by atomic mass is 9.93. The van der Waals surface area contributed by atoms with Crippen LogP contribution in [0.25, 0.3) is 11.0 Å². The van der Waals surface area contributed by atoms with Crippen molar-refractivity contribution in [2.24, 2.45) is 11.8 Å². The number of nitrogens with one attached hydrogen (secondary N) is 1. The number of aromatic amines is 1. The molecule has 4 nitrogen and oxygen atoms in total. The molecule has 1 fully saturated rings. The third kappa shape index (κ3) is 1.68. The molecule has 4 heteroatoms. The Morgan fingerprint density at radius 3 is 2.95 bits per heavy atom. The topological polar surface area (TPSA) is 55.0 Å². The van der Waals surface area contributed by atoms with Gasteiger partial charge in [0.15, 0.2) is 0 Å². The molecule has 3 unspecified atom stereocenters. The van der Waals surface area contributed by atoms with Crippen LogP contribution < -0.4 is 0 Å². The fourth-order valence-corrected chi connectivity index (χ4v) is 3.54. The molecular formula is C16H16N2O2. The van der Waals surface area contributed by atoms with Gasteiger partial charge >= 0.3 is 5.97 Å². The maximum atomic E-state index is 11.6. The molecule has 1 saturated carbocycles. The molecule has 2 aromatic rings. The summed E-state index contributed by atoms with van der Waals surface area (Å²) in [6, 6.07) is 5.46. The predicted molar refractivity (Wildman–Crippen MR) is 75.5 cm³/mol. The van der Waals surface area contributed by atoms with E-state index in [0.717, 1.165) is 22.8 Å². The molecule has 0 spiro atoms. The minimum Gasteiger partial charge on any atom is -0.465 e. The van der Waals surface area contributed by atoms with Crippen LogP contribution in [-0.4, -0.2) is 23.0 Å². The van der Waals surface area contributed by atoms with Crippen molar-refractivity contribution in [2.75, 3.05) is 7.11 Å². The fraction of sp³-hybridized carbons (Fsp3) is 0.375. The van der Waals surface area contributed by atoms with E-state index in [1.807, 2.05) is 12.1 Å². The number of ether oxygens (including phenoxy) is 1. The number of carbonyl (C=O) groups is 1. The average molecular weight is 268 g/mol. The van der Waals surface area contributed by atoms with E-state index >= 15 is 0 Å². The van der Waals surface area contributed by atoms with E-state index in [0.29, 0.717) is 17.4 Å². The summed E-state index contributed by atoms with van der Waals surface area (Å²) in [5.41, 5.74) is 2.39. The second kappa shape index (κ2) is 4.20. The molecule has 1 aromatic heterocycles. The maximum absolute atomic E-state index is 11.6. The Morgan fingerprint density at radius 1 is 1.35 bits per heavy atom. The molecular weight excluding hydrogens is 252 g/mol. The lowest BCUT2D eigenvalue weighted by Gasteiger charge is -2.14. The Labute approximate surface area is 116 Å². The Morgan fingerprint density at radius 2 is 2.25 bits per heavy atom. The molecule has 0 aliphatic heterocycles. The summed E-state index contributed by atoms with van der Waals surface area (Å²) in [5.74, 6) is 2.59. The van der Waals surface area contributed by atoms with E-state index in [1.54, 1.807) is 6.07 Å². The minimum atomic E-state index is -0.314. The van der Waals surface area contributed by atoms with Crippen molar-refractivity contribution < 1.29 is 9.53 Å². The predicted octanol–water partition coefficient (Wildman–Crippen LogP) is 3.03. The first-order valence-electron chi connectivity index (χ1n) is 7.01. The van der Waals surface area contributed by atoms with Crippen LogP contribution in [0.1, 0.15) is 34.9 Å². The smallest absolute Gasteiger partial charge is 0.337 e. The lowest BCUT2D eigenvalue weighted by Crippen LogP contribution is -2.06. The molecule has 0 amide bonds. The van der Waals surface area contributed by atoms with E-state index in [1.165, 1.54) is 20.0 Å². The second-order valence-electron chi connectivity index (χ2n) is 5.73. The largest absolute Gasteiger partial charge is 0.465 e. The van der Waals surface area contributed by atoms with Gasteiger partial charge in [0.05, 0.1) is 23.7 Å².